The summed E-state index contributed by atoms with van der Waals surface area (Å²) in [5, 5.41) is 13.0. The number of nitrogens with one attached hydrogen (secondary N) is 1. The van der Waals surface area contributed by atoms with Gasteiger partial charge >= 0.3 is 0 Å². The second-order valence-corrected chi connectivity index (χ2v) is 4.44. The molecule has 2 heteroatoms. The molecule has 2 nitrogen and oxygen atoms in total. The summed E-state index contributed by atoms with van der Waals surface area (Å²) in [6, 6.07) is 3.84. The van der Waals surface area contributed by atoms with Crippen LogP contribution in [0, 0.1) is 13.8 Å². The van der Waals surface area contributed by atoms with Crippen LogP contribution in [0.15, 0.2) is 12.1 Å². The fourth-order valence-corrected chi connectivity index (χ4v) is 1.77. The Morgan fingerprint density at radius 2 is 1.81 bits per heavy atom. The van der Waals surface area contributed by atoms with Crippen molar-refractivity contribution in [1.29, 1.82) is 0 Å². The molecular formula is C14H23NO. The minimum atomic E-state index is 0.383. The van der Waals surface area contributed by atoms with Crippen LogP contribution in [0.25, 0.3) is 0 Å². The highest BCUT2D eigenvalue weighted by Crippen LogP contribution is 2.24. The number of aryl methyl sites for hydroxylation is 2. The van der Waals surface area contributed by atoms with Crippen molar-refractivity contribution in [3.63, 3.8) is 0 Å². The molecule has 0 fully saturated rings. The number of hydrogen-bond acceptors (Lipinski definition) is 2. The number of aromatic hydroxyl groups is 1. The van der Waals surface area contributed by atoms with Crippen molar-refractivity contribution in [1.82, 2.24) is 0 Å². The maximum absolute atomic E-state index is 9.54. The molecule has 0 heterocycles. The monoisotopic (exact) mass is 221 g/mol. The zero-order chi connectivity index (χ0) is 12.0. The summed E-state index contributed by atoms with van der Waals surface area (Å²) in [5.74, 6) is 0.383. The van der Waals surface area contributed by atoms with Crippen LogP contribution in [0.5, 0.6) is 5.75 Å². The van der Waals surface area contributed by atoms with Crippen LogP contribution in [-0.2, 0) is 0 Å². The largest absolute Gasteiger partial charge is 0.508 e. The lowest BCUT2D eigenvalue weighted by Crippen LogP contribution is -2.03. The molecule has 0 aliphatic heterocycles. The van der Waals surface area contributed by atoms with E-state index in [0.717, 1.165) is 23.4 Å². The van der Waals surface area contributed by atoms with Crippen LogP contribution in [-0.4, -0.2) is 11.7 Å². The van der Waals surface area contributed by atoms with Gasteiger partial charge in [-0.25, -0.2) is 0 Å². The summed E-state index contributed by atoms with van der Waals surface area (Å²) < 4.78 is 0. The summed E-state index contributed by atoms with van der Waals surface area (Å²) >= 11 is 0. The van der Waals surface area contributed by atoms with Gasteiger partial charge in [-0.3, -0.25) is 0 Å². The zero-order valence-corrected chi connectivity index (χ0v) is 10.6. The summed E-state index contributed by atoms with van der Waals surface area (Å²) in [6.45, 7) is 7.19. The van der Waals surface area contributed by atoms with Crippen molar-refractivity contribution < 1.29 is 5.11 Å². The van der Waals surface area contributed by atoms with Gasteiger partial charge in [0.2, 0.25) is 0 Å². The molecule has 0 aromatic heterocycles. The average Bonchev–Trinajstić information content (AvgIpc) is 2.25. The molecule has 0 saturated carbocycles. The van der Waals surface area contributed by atoms with Crippen LogP contribution < -0.4 is 5.32 Å². The standard InChI is InChI=1S/C14H23NO/c1-4-5-6-7-8-15-13-9-12(3)14(16)10-11(13)2/h9-10,15-16H,4-8H2,1-3H3. The highest BCUT2D eigenvalue weighted by atomic mass is 16.3. The Kier molecular flexibility index (Phi) is 5.17. The highest BCUT2D eigenvalue weighted by Gasteiger charge is 2.02. The predicted molar refractivity (Wildman–Crippen MR) is 70.2 cm³/mol. The fourth-order valence-electron chi connectivity index (χ4n) is 1.77. The van der Waals surface area contributed by atoms with E-state index in [-0.39, 0.29) is 0 Å². The van der Waals surface area contributed by atoms with E-state index >= 15 is 0 Å². The predicted octanol–water partition coefficient (Wildman–Crippen LogP) is 4.00. The van der Waals surface area contributed by atoms with Crippen molar-refractivity contribution in [3.8, 4) is 5.75 Å². The molecule has 0 bridgehead atoms. The summed E-state index contributed by atoms with van der Waals surface area (Å²) in [6.07, 6.45) is 5.10. The minimum Gasteiger partial charge on any atom is -0.508 e. The molecule has 0 amide bonds. The number of rotatable bonds is 6. The van der Waals surface area contributed by atoms with Crippen LogP contribution in [0.3, 0.4) is 0 Å². The molecule has 1 aromatic carbocycles. The lowest BCUT2D eigenvalue weighted by Gasteiger charge is -2.11. The van der Waals surface area contributed by atoms with E-state index in [9.17, 15) is 5.11 Å². The van der Waals surface area contributed by atoms with Crippen molar-refractivity contribution in [3.05, 3.63) is 23.3 Å². The Morgan fingerprint density at radius 3 is 2.50 bits per heavy atom. The average molecular weight is 221 g/mol. The van der Waals surface area contributed by atoms with Gasteiger partial charge in [-0.2, -0.15) is 0 Å². The number of anilines is 1. The third-order valence-corrected chi connectivity index (χ3v) is 2.89. The Balaban J connectivity index is 2.45. The second-order valence-electron chi connectivity index (χ2n) is 4.44. The van der Waals surface area contributed by atoms with Gasteiger partial charge in [0, 0.05) is 12.2 Å². The molecule has 1 aromatic rings. The SMILES string of the molecule is CCCCCCNc1cc(C)c(O)cc1C. The van der Waals surface area contributed by atoms with Gasteiger partial charge in [0.05, 0.1) is 0 Å². The van der Waals surface area contributed by atoms with Crippen LogP contribution in [0.2, 0.25) is 0 Å². The van der Waals surface area contributed by atoms with Crippen molar-refractivity contribution >= 4 is 5.69 Å². The van der Waals surface area contributed by atoms with Gasteiger partial charge < -0.3 is 10.4 Å². The Hall–Kier alpha value is -1.18. The molecule has 0 unspecified atom stereocenters. The fraction of sp³-hybridized carbons (Fsp3) is 0.571. The van der Waals surface area contributed by atoms with E-state index in [2.05, 4.69) is 12.2 Å². The lowest BCUT2D eigenvalue weighted by molar-refractivity contribution is 0.471. The van der Waals surface area contributed by atoms with E-state index in [0.29, 0.717) is 5.75 Å². The van der Waals surface area contributed by atoms with Crippen LogP contribution in [0.1, 0.15) is 43.7 Å². The number of hydrogen-bond donors (Lipinski definition) is 2. The molecule has 1 rings (SSSR count). The molecule has 0 aliphatic rings. The maximum atomic E-state index is 9.54. The second kappa shape index (κ2) is 6.41. The Morgan fingerprint density at radius 1 is 1.06 bits per heavy atom. The topological polar surface area (TPSA) is 32.3 Å². The van der Waals surface area contributed by atoms with Gasteiger partial charge in [0.25, 0.3) is 0 Å². The van der Waals surface area contributed by atoms with Gasteiger partial charge in [-0.15, -0.1) is 0 Å². The number of benzene rings is 1. The first-order valence-electron chi connectivity index (χ1n) is 6.19. The van der Waals surface area contributed by atoms with Gasteiger partial charge in [-0.05, 0) is 43.5 Å². The summed E-state index contributed by atoms with van der Waals surface area (Å²) in [5.41, 5.74) is 3.19. The Labute approximate surface area is 98.7 Å². The molecule has 90 valence electrons. The first kappa shape index (κ1) is 12.9. The smallest absolute Gasteiger partial charge is 0.118 e. The number of unbranched alkanes of at least 4 members (excludes halogenated alkanes) is 3. The van der Waals surface area contributed by atoms with Crippen molar-refractivity contribution in [2.24, 2.45) is 0 Å². The Bertz CT molecular complexity index is 334. The normalized spacial score (nSPS) is 10.4. The zero-order valence-electron chi connectivity index (χ0n) is 10.6. The molecule has 0 saturated heterocycles. The van der Waals surface area contributed by atoms with Gasteiger partial charge in [-0.1, -0.05) is 26.2 Å². The first-order valence-corrected chi connectivity index (χ1v) is 6.19. The van der Waals surface area contributed by atoms with Crippen molar-refractivity contribution in [2.45, 2.75) is 46.5 Å². The van der Waals surface area contributed by atoms with Gasteiger partial charge in [0.15, 0.2) is 0 Å². The minimum absolute atomic E-state index is 0.383. The molecule has 0 spiro atoms. The maximum Gasteiger partial charge on any atom is 0.118 e. The van der Waals surface area contributed by atoms with E-state index in [1.165, 1.54) is 25.7 Å². The summed E-state index contributed by atoms with van der Waals surface area (Å²) in [4.78, 5) is 0. The number of phenolic OH excluding ortho intramolecular Hbond substituents is 1. The molecule has 0 radical (unpaired) electrons. The third kappa shape index (κ3) is 3.76. The van der Waals surface area contributed by atoms with E-state index in [1.54, 1.807) is 0 Å². The molecule has 2 N–H and O–H groups in total. The first-order chi connectivity index (χ1) is 7.65. The molecular weight excluding hydrogens is 198 g/mol. The van der Waals surface area contributed by atoms with Crippen LogP contribution >= 0.6 is 0 Å². The third-order valence-electron chi connectivity index (χ3n) is 2.89. The van der Waals surface area contributed by atoms with Crippen LogP contribution in [0.4, 0.5) is 5.69 Å². The number of phenols is 1. The molecule has 16 heavy (non-hydrogen) atoms. The van der Waals surface area contributed by atoms with Gasteiger partial charge in [0.1, 0.15) is 5.75 Å². The molecule has 0 atom stereocenters. The molecule has 0 aliphatic carbocycles. The summed E-state index contributed by atoms with van der Waals surface area (Å²) in [7, 11) is 0. The van der Waals surface area contributed by atoms with E-state index < -0.39 is 0 Å². The van der Waals surface area contributed by atoms with Crippen molar-refractivity contribution in [2.75, 3.05) is 11.9 Å². The van der Waals surface area contributed by atoms with E-state index in [1.807, 2.05) is 26.0 Å². The highest BCUT2D eigenvalue weighted by molar-refractivity contribution is 5.56. The van der Waals surface area contributed by atoms with E-state index in [4.69, 9.17) is 0 Å². The quantitative estimate of drug-likeness (QED) is 0.562. The lowest BCUT2D eigenvalue weighted by atomic mass is 10.1.